The van der Waals surface area contributed by atoms with Gasteiger partial charge in [0.25, 0.3) is 5.91 Å². The van der Waals surface area contributed by atoms with E-state index < -0.39 is 23.2 Å². The van der Waals surface area contributed by atoms with Gasteiger partial charge in [-0.05, 0) is 37.8 Å². The van der Waals surface area contributed by atoms with E-state index >= 15 is 0 Å². The lowest BCUT2D eigenvalue weighted by Gasteiger charge is -2.10. The van der Waals surface area contributed by atoms with Gasteiger partial charge in [0, 0.05) is 11.3 Å². The van der Waals surface area contributed by atoms with Gasteiger partial charge in [-0.15, -0.1) is 0 Å². The maximum atomic E-state index is 12.2. The normalized spacial score (nSPS) is 17.2. The summed E-state index contributed by atoms with van der Waals surface area (Å²) in [5.41, 5.74) is 3.53. The summed E-state index contributed by atoms with van der Waals surface area (Å²) in [4.78, 5) is 12.2. The zero-order chi connectivity index (χ0) is 18.1. The van der Waals surface area contributed by atoms with E-state index in [0.717, 1.165) is 43.5 Å². The Hall–Kier alpha value is -2.24. The molecule has 1 aromatic carbocycles. The highest BCUT2D eigenvalue weighted by atomic mass is 16.3. The number of benzene rings is 1. The van der Waals surface area contributed by atoms with Crippen LogP contribution in [0.25, 0.3) is 0 Å². The summed E-state index contributed by atoms with van der Waals surface area (Å²) >= 11 is 0. The number of rotatable bonds is 2. The highest BCUT2D eigenvalue weighted by Gasteiger charge is 2.13. The lowest BCUT2D eigenvalue weighted by molar-refractivity contribution is 0.0953. The highest BCUT2D eigenvalue weighted by Crippen LogP contribution is 2.35. The fourth-order valence-electron chi connectivity index (χ4n) is 3.06. The minimum atomic E-state index is -0.637. The van der Waals surface area contributed by atoms with Gasteiger partial charge in [-0.1, -0.05) is 44.9 Å². The molecule has 0 saturated heterocycles. The van der Waals surface area contributed by atoms with Gasteiger partial charge in [0.15, 0.2) is 17.2 Å². The van der Waals surface area contributed by atoms with Gasteiger partial charge in [0.2, 0.25) is 0 Å². The van der Waals surface area contributed by atoms with E-state index in [9.17, 15) is 20.1 Å². The molecule has 1 amide bonds. The molecule has 1 fully saturated rings. The predicted molar refractivity (Wildman–Crippen MR) is 97.1 cm³/mol. The maximum absolute atomic E-state index is 12.2. The summed E-state index contributed by atoms with van der Waals surface area (Å²) in [6.07, 6.45) is 12.7. The third-order valence-electron chi connectivity index (χ3n) is 4.58. The largest absolute Gasteiger partial charge is 0.504 e. The second-order valence-corrected chi connectivity index (χ2v) is 6.66. The molecule has 0 heterocycles. The SMILES string of the molecule is O=C(NN=C1CCCCCCCCCCC1)c1cc(O)c(O)c(O)c1. The lowest BCUT2D eigenvalue weighted by atomic mass is 10.00. The molecule has 0 aliphatic heterocycles. The molecule has 1 aliphatic carbocycles. The van der Waals surface area contributed by atoms with E-state index in [0.29, 0.717) is 0 Å². The number of hydrogen-bond donors (Lipinski definition) is 4. The molecule has 1 aliphatic rings. The number of phenolic OH excluding ortho intramolecular Hbond substituents is 3. The van der Waals surface area contributed by atoms with Crippen molar-refractivity contribution in [3.05, 3.63) is 17.7 Å². The van der Waals surface area contributed by atoms with Crippen molar-refractivity contribution in [3.63, 3.8) is 0 Å². The van der Waals surface area contributed by atoms with Crippen LogP contribution in [0.1, 0.15) is 81.0 Å². The fourth-order valence-corrected chi connectivity index (χ4v) is 3.06. The Bertz CT molecular complexity index is 576. The highest BCUT2D eigenvalue weighted by molar-refractivity contribution is 5.96. The quantitative estimate of drug-likeness (QED) is 0.475. The first-order valence-corrected chi connectivity index (χ1v) is 9.18. The second kappa shape index (κ2) is 9.91. The average molecular weight is 348 g/mol. The zero-order valence-electron chi connectivity index (χ0n) is 14.6. The fraction of sp³-hybridized carbons (Fsp3) is 0.579. The molecule has 0 atom stereocenters. The molecule has 0 aromatic heterocycles. The van der Waals surface area contributed by atoms with Crippen molar-refractivity contribution < 1.29 is 20.1 Å². The standard InChI is InChI=1S/C19H28N2O4/c22-16-12-14(13-17(23)18(16)24)19(25)21-20-15-10-8-6-4-2-1-3-5-7-9-11-15/h12-13,22-24H,1-11H2,(H,21,25). The first-order chi connectivity index (χ1) is 12.1. The van der Waals surface area contributed by atoms with Crippen LogP contribution in [0, 0.1) is 0 Å². The van der Waals surface area contributed by atoms with Crippen molar-refractivity contribution in [1.29, 1.82) is 0 Å². The van der Waals surface area contributed by atoms with Crippen LogP contribution in [-0.4, -0.2) is 26.9 Å². The monoisotopic (exact) mass is 348 g/mol. The third-order valence-corrected chi connectivity index (χ3v) is 4.58. The predicted octanol–water partition coefficient (Wildman–Crippen LogP) is 4.19. The lowest BCUT2D eigenvalue weighted by Crippen LogP contribution is -2.20. The van der Waals surface area contributed by atoms with Gasteiger partial charge in [-0.25, -0.2) is 5.43 Å². The number of nitrogens with zero attached hydrogens (tertiary/aromatic N) is 1. The minimum Gasteiger partial charge on any atom is -0.504 e. The molecular formula is C19H28N2O4. The van der Waals surface area contributed by atoms with Crippen molar-refractivity contribution in [3.8, 4) is 17.2 Å². The van der Waals surface area contributed by atoms with Crippen LogP contribution in [-0.2, 0) is 0 Å². The number of hydrazone groups is 1. The molecule has 0 radical (unpaired) electrons. The van der Waals surface area contributed by atoms with Gasteiger partial charge >= 0.3 is 0 Å². The molecule has 138 valence electrons. The van der Waals surface area contributed by atoms with Crippen molar-refractivity contribution >= 4 is 11.6 Å². The summed E-state index contributed by atoms with van der Waals surface area (Å²) in [5, 5.41) is 32.6. The second-order valence-electron chi connectivity index (χ2n) is 6.66. The Morgan fingerprint density at radius 2 is 1.24 bits per heavy atom. The molecule has 6 nitrogen and oxygen atoms in total. The third kappa shape index (κ3) is 6.29. The van der Waals surface area contributed by atoms with Crippen molar-refractivity contribution in [1.82, 2.24) is 5.43 Å². The summed E-state index contributed by atoms with van der Waals surface area (Å²) in [6.45, 7) is 0. The van der Waals surface area contributed by atoms with E-state index in [-0.39, 0.29) is 5.56 Å². The number of nitrogens with one attached hydrogen (secondary N) is 1. The molecule has 1 aromatic rings. The summed E-state index contributed by atoms with van der Waals surface area (Å²) in [5.74, 6) is -2.24. The molecule has 25 heavy (non-hydrogen) atoms. The topological polar surface area (TPSA) is 102 Å². The Balaban J connectivity index is 1.97. The number of phenols is 3. The van der Waals surface area contributed by atoms with Gasteiger partial charge in [0.1, 0.15) is 0 Å². The number of amides is 1. The maximum Gasteiger partial charge on any atom is 0.271 e. The van der Waals surface area contributed by atoms with Crippen LogP contribution in [0.2, 0.25) is 0 Å². The first-order valence-electron chi connectivity index (χ1n) is 9.18. The summed E-state index contributed by atoms with van der Waals surface area (Å²) in [6, 6.07) is 2.21. The molecule has 0 unspecified atom stereocenters. The minimum absolute atomic E-state index is 0.0466. The molecule has 2 rings (SSSR count). The van der Waals surface area contributed by atoms with Crippen molar-refractivity contribution in [2.24, 2.45) is 5.10 Å². The van der Waals surface area contributed by atoms with Crippen LogP contribution in [0.4, 0.5) is 0 Å². The van der Waals surface area contributed by atoms with Gasteiger partial charge in [-0.3, -0.25) is 4.79 Å². The van der Waals surface area contributed by atoms with Gasteiger partial charge in [-0.2, -0.15) is 5.10 Å². The summed E-state index contributed by atoms with van der Waals surface area (Å²) < 4.78 is 0. The number of carbonyl (C=O) groups is 1. The molecule has 0 spiro atoms. The van der Waals surface area contributed by atoms with Crippen LogP contribution in [0.5, 0.6) is 17.2 Å². The van der Waals surface area contributed by atoms with E-state index in [1.807, 2.05) is 0 Å². The molecule has 4 N–H and O–H groups in total. The Morgan fingerprint density at radius 1 is 0.800 bits per heavy atom. The van der Waals surface area contributed by atoms with E-state index in [4.69, 9.17) is 0 Å². The van der Waals surface area contributed by atoms with Crippen LogP contribution in [0.3, 0.4) is 0 Å². The first kappa shape index (κ1) is 19.1. The molecule has 6 heteroatoms. The summed E-state index contributed by atoms with van der Waals surface area (Å²) in [7, 11) is 0. The van der Waals surface area contributed by atoms with Crippen LogP contribution < -0.4 is 5.43 Å². The Labute approximate surface area is 148 Å². The van der Waals surface area contributed by atoms with Crippen molar-refractivity contribution in [2.75, 3.05) is 0 Å². The van der Waals surface area contributed by atoms with Crippen LogP contribution in [0.15, 0.2) is 17.2 Å². The molecular weight excluding hydrogens is 320 g/mol. The van der Waals surface area contributed by atoms with Crippen molar-refractivity contribution in [2.45, 2.75) is 70.6 Å². The van der Waals surface area contributed by atoms with Crippen LogP contribution >= 0.6 is 0 Å². The number of carbonyl (C=O) groups excluding carboxylic acids is 1. The van der Waals surface area contributed by atoms with Gasteiger partial charge < -0.3 is 15.3 Å². The van der Waals surface area contributed by atoms with E-state index in [1.54, 1.807) is 0 Å². The van der Waals surface area contributed by atoms with E-state index in [1.165, 1.54) is 44.9 Å². The zero-order valence-corrected chi connectivity index (χ0v) is 14.6. The Morgan fingerprint density at radius 3 is 1.72 bits per heavy atom. The Kier molecular flexibility index (Phi) is 7.57. The average Bonchev–Trinajstić information content (AvgIpc) is 2.58. The molecule has 1 saturated carbocycles. The van der Waals surface area contributed by atoms with E-state index in [2.05, 4.69) is 10.5 Å². The molecule has 0 bridgehead atoms. The number of hydrogen-bond acceptors (Lipinski definition) is 5. The number of aromatic hydroxyl groups is 3. The van der Waals surface area contributed by atoms with Gasteiger partial charge in [0.05, 0.1) is 0 Å². The smallest absolute Gasteiger partial charge is 0.271 e.